The molecule has 1 N–H and O–H groups in total. The molecular formula is C14H14N4O3S2. The van der Waals surface area contributed by atoms with Crippen molar-refractivity contribution in [1.82, 2.24) is 15.3 Å². The van der Waals surface area contributed by atoms with Crippen LogP contribution in [0.3, 0.4) is 0 Å². The van der Waals surface area contributed by atoms with Crippen molar-refractivity contribution >= 4 is 45.0 Å². The first-order valence-corrected chi connectivity index (χ1v) is 8.71. The number of hydrogen-bond acceptors (Lipinski definition) is 8. The first-order valence-electron chi connectivity index (χ1n) is 6.91. The Bertz CT molecular complexity index is 830. The maximum atomic E-state index is 11.9. The van der Waals surface area contributed by atoms with Gasteiger partial charge in [0, 0.05) is 0 Å². The summed E-state index contributed by atoms with van der Waals surface area (Å²) < 4.78 is 11.9. The third kappa shape index (κ3) is 3.80. The van der Waals surface area contributed by atoms with Crippen LogP contribution in [0.15, 0.2) is 27.2 Å². The Morgan fingerprint density at radius 3 is 3.04 bits per heavy atom. The number of aryl methyl sites for hydroxylation is 1. The van der Waals surface area contributed by atoms with E-state index in [4.69, 9.17) is 4.74 Å². The second-order valence-corrected chi connectivity index (χ2v) is 6.83. The molecule has 0 fully saturated rings. The Morgan fingerprint density at radius 1 is 1.43 bits per heavy atom. The van der Waals surface area contributed by atoms with Gasteiger partial charge in [0.25, 0.3) is 0 Å². The zero-order chi connectivity index (χ0) is 16.2. The van der Waals surface area contributed by atoms with Crippen LogP contribution < -0.4 is 10.1 Å². The number of hydrogen-bond donors (Lipinski definition) is 1. The van der Waals surface area contributed by atoms with Crippen molar-refractivity contribution in [1.29, 1.82) is 0 Å². The SMILES string of the molecule is CCOc1ccc2nc(SCC(=O)Nc3nonc3C)sc2c1. The minimum absolute atomic E-state index is 0.178. The molecule has 3 aromatic rings. The van der Waals surface area contributed by atoms with Gasteiger partial charge in [-0.25, -0.2) is 9.61 Å². The smallest absolute Gasteiger partial charge is 0.236 e. The molecule has 0 saturated carbocycles. The standard InChI is InChI=1S/C14H14N4O3S2/c1-3-20-9-4-5-10-11(6-9)23-14(15-10)22-7-12(19)16-13-8(2)17-21-18-13/h4-6H,3,7H2,1-2H3,(H,16,18,19). The zero-order valence-electron chi connectivity index (χ0n) is 12.5. The van der Waals surface area contributed by atoms with Crippen LogP contribution in [0.4, 0.5) is 5.82 Å². The number of fused-ring (bicyclic) bond motifs is 1. The van der Waals surface area contributed by atoms with E-state index in [0.29, 0.717) is 18.1 Å². The highest BCUT2D eigenvalue weighted by Gasteiger charge is 2.12. The van der Waals surface area contributed by atoms with Crippen LogP contribution in [0.1, 0.15) is 12.6 Å². The topological polar surface area (TPSA) is 90.1 Å². The Hall–Kier alpha value is -2.13. The number of thiazole rings is 1. The number of nitrogens with one attached hydrogen (secondary N) is 1. The van der Waals surface area contributed by atoms with E-state index in [1.807, 2.05) is 25.1 Å². The third-order valence-corrected chi connectivity index (χ3v) is 5.05. The number of carbonyl (C=O) groups excluding carboxylic acids is 1. The molecule has 3 rings (SSSR count). The molecule has 0 aliphatic carbocycles. The van der Waals surface area contributed by atoms with Gasteiger partial charge in [-0.1, -0.05) is 16.9 Å². The predicted octanol–water partition coefficient (Wildman–Crippen LogP) is 3.12. The fourth-order valence-electron chi connectivity index (χ4n) is 1.84. The Kier molecular flexibility index (Phi) is 4.77. The van der Waals surface area contributed by atoms with Crippen molar-refractivity contribution in [2.45, 2.75) is 18.2 Å². The van der Waals surface area contributed by atoms with Gasteiger partial charge >= 0.3 is 0 Å². The highest BCUT2D eigenvalue weighted by Crippen LogP contribution is 2.31. The molecule has 0 aliphatic rings. The van der Waals surface area contributed by atoms with E-state index in [1.54, 1.807) is 6.92 Å². The van der Waals surface area contributed by atoms with Crippen molar-refractivity contribution in [3.8, 4) is 5.75 Å². The minimum atomic E-state index is -0.178. The van der Waals surface area contributed by atoms with Gasteiger partial charge in [-0.15, -0.1) is 11.3 Å². The summed E-state index contributed by atoms with van der Waals surface area (Å²) in [6.45, 7) is 4.29. The molecule has 0 radical (unpaired) electrons. The van der Waals surface area contributed by atoms with Crippen molar-refractivity contribution < 1.29 is 14.2 Å². The van der Waals surface area contributed by atoms with Crippen LogP contribution in [0.5, 0.6) is 5.75 Å². The van der Waals surface area contributed by atoms with E-state index < -0.39 is 0 Å². The summed E-state index contributed by atoms with van der Waals surface area (Å²) in [7, 11) is 0. The number of ether oxygens (including phenoxy) is 1. The molecule has 0 bridgehead atoms. The molecule has 0 spiro atoms. The Balaban J connectivity index is 1.62. The summed E-state index contributed by atoms with van der Waals surface area (Å²) in [5, 5.41) is 9.88. The Labute approximate surface area is 140 Å². The normalized spacial score (nSPS) is 10.9. The second-order valence-electron chi connectivity index (χ2n) is 4.58. The molecule has 23 heavy (non-hydrogen) atoms. The number of rotatable bonds is 6. The van der Waals surface area contributed by atoms with Gasteiger partial charge in [-0.3, -0.25) is 4.79 Å². The molecule has 7 nitrogen and oxygen atoms in total. The zero-order valence-corrected chi connectivity index (χ0v) is 14.2. The number of nitrogens with zero attached hydrogens (tertiary/aromatic N) is 3. The van der Waals surface area contributed by atoms with Gasteiger partial charge in [0.1, 0.15) is 11.4 Å². The Morgan fingerprint density at radius 2 is 2.30 bits per heavy atom. The number of amides is 1. The molecule has 9 heteroatoms. The lowest BCUT2D eigenvalue weighted by Gasteiger charge is -2.00. The van der Waals surface area contributed by atoms with E-state index >= 15 is 0 Å². The average molecular weight is 350 g/mol. The van der Waals surface area contributed by atoms with Crippen LogP contribution in [0, 0.1) is 6.92 Å². The van der Waals surface area contributed by atoms with E-state index in [-0.39, 0.29) is 11.7 Å². The molecule has 1 aromatic carbocycles. The molecule has 0 unspecified atom stereocenters. The molecule has 0 saturated heterocycles. The lowest BCUT2D eigenvalue weighted by molar-refractivity contribution is -0.113. The molecule has 2 aromatic heterocycles. The number of anilines is 1. The van der Waals surface area contributed by atoms with E-state index in [9.17, 15) is 4.79 Å². The number of thioether (sulfide) groups is 1. The van der Waals surface area contributed by atoms with Crippen molar-refractivity contribution in [2.24, 2.45) is 0 Å². The lowest BCUT2D eigenvalue weighted by Crippen LogP contribution is -2.14. The minimum Gasteiger partial charge on any atom is -0.494 e. The van der Waals surface area contributed by atoms with Gasteiger partial charge in [0.2, 0.25) is 5.91 Å². The molecule has 2 heterocycles. The maximum Gasteiger partial charge on any atom is 0.236 e. The van der Waals surface area contributed by atoms with E-state index in [1.165, 1.54) is 23.1 Å². The van der Waals surface area contributed by atoms with Crippen molar-refractivity contribution in [2.75, 3.05) is 17.7 Å². The van der Waals surface area contributed by atoms with Crippen molar-refractivity contribution in [3.63, 3.8) is 0 Å². The van der Waals surface area contributed by atoms with Gasteiger partial charge in [0.15, 0.2) is 10.2 Å². The average Bonchev–Trinajstić information content (AvgIpc) is 3.11. The first kappa shape index (κ1) is 15.8. The quantitative estimate of drug-likeness (QED) is 0.683. The van der Waals surface area contributed by atoms with Gasteiger partial charge in [-0.2, -0.15) is 0 Å². The fourth-order valence-corrected chi connectivity index (χ4v) is 3.74. The van der Waals surface area contributed by atoms with Crippen molar-refractivity contribution in [3.05, 3.63) is 23.9 Å². The third-order valence-electron chi connectivity index (χ3n) is 2.89. The molecule has 1 amide bonds. The second kappa shape index (κ2) is 6.97. The predicted molar refractivity (Wildman–Crippen MR) is 89.2 cm³/mol. The summed E-state index contributed by atoms with van der Waals surface area (Å²) in [5.74, 6) is 1.24. The highest BCUT2D eigenvalue weighted by atomic mass is 32.2. The summed E-state index contributed by atoms with van der Waals surface area (Å²) in [6, 6.07) is 5.78. The molecular weight excluding hydrogens is 336 g/mol. The number of carbonyl (C=O) groups is 1. The van der Waals surface area contributed by atoms with E-state index in [2.05, 4.69) is 25.2 Å². The van der Waals surface area contributed by atoms with Crippen LogP contribution in [-0.4, -0.2) is 33.6 Å². The monoisotopic (exact) mass is 350 g/mol. The summed E-state index contributed by atoms with van der Waals surface area (Å²) in [6.07, 6.45) is 0. The molecule has 0 aliphatic heterocycles. The summed E-state index contributed by atoms with van der Waals surface area (Å²) >= 11 is 2.91. The van der Waals surface area contributed by atoms with Crippen LogP contribution in [0.25, 0.3) is 10.2 Å². The number of benzene rings is 1. The van der Waals surface area contributed by atoms with E-state index in [0.717, 1.165) is 20.3 Å². The largest absolute Gasteiger partial charge is 0.494 e. The molecule has 0 atom stereocenters. The maximum absolute atomic E-state index is 11.9. The van der Waals surface area contributed by atoms with Gasteiger partial charge < -0.3 is 10.1 Å². The van der Waals surface area contributed by atoms with Gasteiger partial charge in [0.05, 0.1) is 22.6 Å². The molecule has 120 valence electrons. The number of aromatic nitrogens is 3. The van der Waals surface area contributed by atoms with Crippen LogP contribution >= 0.6 is 23.1 Å². The summed E-state index contributed by atoms with van der Waals surface area (Å²) in [5.41, 5.74) is 1.45. The van der Waals surface area contributed by atoms with Crippen LogP contribution in [0.2, 0.25) is 0 Å². The lowest BCUT2D eigenvalue weighted by atomic mass is 10.3. The van der Waals surface area contributed by atoms with Gasteiger partial charge in [-0.05, 0) is 37.2 Å². The highest BCUT2D eigenvalue weighted by molar-refractivity contribution is 8.01. The fraction of sp³-hybridized carbons (Fsp3) is 0.286. The summed E-state index contributed by atoms with van der Waals surface area (Å²) in [4.78, 5) is 16.4. The first-order chi connectivity index (χ1) is 11.2. The van der Waals surface area contributed by atoms with Crippen LogP contribution in [-0.2, 0) is 4.79 Å².